The zero-order chi connectivity index (χ0) is 12.5. The molecule has 1 aromatic rings. The Labute approximate surface area is 102 Å². The summed E-state index contributed by atoms with van der Waals surface area (Å²) in [5, 5.41) is 13.6. The lowest BCUT2D eigenvalue weighted by Crippen LogP contribution is -2.53. The van der Waals surface area contributed by atoms with Gasteiger partial charge in [-0.1, -0.05) is 18.2 Å². The van der Waals surface area contributed by atoms with Gasteiger partial charge in [-0.25, -0.2) is 0 Å². The molecule has 2 unspecified atom stereocenters. The number of para-hydroxylation sites is 1. The Kier molecular flexibility index (Phi) is 3.38. The lowest BCUT2D eigenvalue weighted by atomic mass is 9.86. The van der Waals surface area contributed by atoms with Crippen molar-refractivity contribution in [3.63, 3.8) is 0 Å². The first kappa shape index (κ1) is 12.4. The van der Waals surface area contributed by atoms with Gasteiger partial charge in [-0.2, -0.15) is 0 Å². The van der Waals surface area contributed by atoms with E-state index in [0.717, 1.165) is 11.3 Å². The molecule has 2 atom stereocenters. The van der Waals surface area contributed by atoms with Crippen molar-refractivity contribution in [1.82, 2.24) is 5.32 Å². The number of benzene rings is 1. The minimum atomic E-state index is -0.597. The van der Waals surface area contributed by atoms with E-state index in [1.54, 1.807) is 0 Å². The summed E-state index contributed by atoms with van der Waals surface area (Å²) >= 11 is 0. The van der Waals surface area contributed by atoms with E-state index in [1.165, 1.54) is 0 Å². The first-order valence-electron chi connectivity index (χ1n) is 5.95. The van der Waals surface area contributed by atoms with Crippen molar-refractivity contribution < 1.29 is 9.84 Å². The first-order chi connectivity index (χ1) is 8.06. The molecule has 4 heteroatoms. The SMILES string of the molecule is CC1(C)Oc2ccccc2C(NCCN)C1O. The van der Waals surface area contributed by atoms with Gasteiger partial charge >= 0.3 is 0 Å². The molecule has 0 radical (unpaired) electrons. The average Bonchev–Trinajstić information content (AvgIpc) is 2.29. The Balaban J connectivity index is 2.34. The fraction of sp³-hybridized carbons (Fsp3) is 0.538. The summed E-state index contributed by atoms with van der Waals surface area (Å²) in [4.78, 5) is 0. The Bertz CT molecular complexity index is 393. The number of fused-ring (bicyclic) bond motifs is 1. The predicted octanol–water partition coefficient (Wildman–Crippen LogP) is 0.808. The number of aliphatic hydroxyl groups excluding tert-OH is 1. The summed E-state index contributed by atoms with van der Waals surface area (Å²) in [6, 6.07) is 7.66. The molecule has 0 saturated heterocycles. The average molecular weight is 236 g/mol. The smallest absolute Gasteiger partial charge is 0.131 e. The third-order valence-electron chi connectivity index (χ3n) is 3.16. The molecule has 0 saturated carbocycles. The monoisotopic (exact) mass is 236 g/mol. The summed E-state index contributed by atoms with van der Waals surface area (Å²) in [5.74, 6) is 0.831. The highest BCUT2D eigenvalue weighted by Gasteiger charge is 2.42. The van der Waals surface area contributed by atoms with Crippen LogP contribution in [-0.2, 0) is 0 Å². The molecule has 0 spiro atoms. The summed E-state index contributed by atoms with van der Waals surface area (Å²) in [7, 11) is 0. The highest BCUT2D eigenvalue weighted by atomic mass is 16.5. The number of hydrogen-bond acceptors (Lipinski definition) is 4. The van der Waals surface area contributed by atoms with Crippen molar-refractivity contribution in [3.8, 4) is 5.75 Å². The zero-order valence-corrected chi connectivity index (χ0v) is 10.3. The molecule has 0 aromatic heterocycles. The minimum absolute atomic E-state index is 0.126. The zero-order valence-electron chi connectivity index (χ0n) is 10.3. The maximum Gasteiger partial charge on any atom is 0.131 e. The van der Waals surface area contributed by atoms with Gasteiger partial charge in [-0.05, 0) is 19.9 Å². The molecule has 1 heterocycles. The summed E-state index contributed by atoms with van der Waals surface area (Å²) < 4.78 is 5.82. The molecule has 1 aliphatic heterocycles. The molecule has 4 nitrogen and oxygen atoms in total. The van der Waals surface area contributed by atoms with E-state index in [1.807, 2.05) is 38.1 Å². The van der Waals surface area contributed by atoms with Gasteiger partial charge in [0.1, 0.15) is 17.5 Å². The van der Waals surface area contributed by atoms with Crippen LogP contribution < -0.4 is 15.8 Å². The maximum absolute atomic E-state index is 10.3. The molecule has 1 aliphatic rings. The summed E-state index contributed by atoms with van der Waals surface area (Å²) in [6.45, 7) is 5.01. The Morgan fingerprint density at radius 3 is 2.82 bits per heavy atom. The third-order valence-corrected chi connectivity index (χ3v) is 3.16. The van der Waals surface area contributed by atoms with Crippen LogP contribution in [0.25, 0.3) is 0 Å². The fourth-order valence-electron chi connectivity index (χ4n) is 2.21. The second kappa shape index (κ2) is 4.64. The van der Waals surface area contributed by atoms with Gasteiger partial charge in [0, 0.05) is 18.7 Å². The number of hydrogen-bond donors (Lipinski definition) is 3. The van der Waals surface area contributed by atoms with Crippen LogP contribution in [0, 0.1) is 0 Å². The standard InChI is InChI=1S/C13H20N2O2/c1-13(2)12(16)11(15-8-7-14)9-5-3-4-6-10(9)17-13/h3-6,11-12,15-16H,7-8,14H2,1-2H3. The van der Waals surface area contributed by atoms with Crippen LogP contribution in [0.3, 0.4) is 0 Å². The number of aliphatic hydroxyl groups is 1. The molecule has 1 aromatic carbocycles. The molecule has 94 valence electrons. The van der Waals surface area contributed by atoms with Crippen LogP contribution in [0.5, 0.6) is 5.75 Å². The fourth-order valence-corrected chi connectivity index (χ4v) is 2.21. The molecule has 0 bridgehead atoms. The normalized spacial score (nSPS) is 26.1. The highest BCUT2D eigenvalue weighted by Crippen LogP contribution is 2.39. The lowest BCUT2D eigenvalue weighted by Gasteiger charge is -2.42. The Morgan fingerprint density at radius 2 is 2.12 bits per heavy atom. The van der Waals surface area contributed by atoms with E-state index in [9.17, 15) is 5.11 Å². The second-order valence-electron chi connectivity index (χ2n) is 4.91. The van der Waals surface area contributed by atoms with Crippen LogP contribution in [-0.4, -0.2) is 29.9 Å². The number of ether oxygens (including phenoxy) is 1. The number of nitrogens with two attached hydrogens (primary N) is 1. The Hall–Kier alpha value is -1.10. The van der Waals surface area contributed by atoms with Crippen molar-refractivity contribution in [2.24, 2.45) is 5.73 Å². The van der Waals surface area contributed by atoms with Crippen LogP contribution in [0.4, 0.5) is 0 Å². The quantitative estimate of drug-likeness (QED) is 0.726. The van der Waals surface area contributed by atoms with Gasteiger partial charge in [0.25, 0.3) is 0 Å². The van der Waals surface area contributed by atoms with Crippen LogP contribution >= 0.6 is 0 Å². The van der Waals surface area contributed by atoms with Crippen molar-refractivity contribution in [2.75, 3.05) is 13.1 Å². The van der Waals surface area contributed by atoms with Crippen molar-refractivity contribution >= 4 is 0 Å². The van der Waals surface area contributed by atoms with Crippen molar-refractivity contribution in [1.29, 1.82) is 0 Å². The van der Waals surface area contributed by atoms with Gasteiger partial charge in [-0.15, -0.1) is 0 Å². The third kappa shape index (κ3) is 2.29. The van der Waals surface area contributed by atoms with Gasteiger partial charge in [0.15, 0.2) is 0 Å². The van der Waals surface area contributed by atoms with E-state index < -0.39 is 11.7 Å². The molecule has 4 N–H and O–H groups in total. The Morgan fingerprint density at radius 1 is 1.41 bits per heavy atom. The molecule has 2 rings (SSSR count). The van der Waals surface area contributed by atoms with Crippen LogP contribution in [0.1, 0.15) is 25.5 Å². The van der Waals surface area contributed by atoms with Gasteiger partial charge in [0.05, 0.1) is 6.04 Å². The van der Waals surface area contributed by atoms with E-state index in [0.29, 0.717) is 13.1 Å². The van der Waals surface area contributed by atoms with Gasteiger partial charge < -0.3 is 20.9 Å². The lowest BCUT2D eigenvalue weighted by molar-refractivity contribution is -0.0643. The van der Waals surface area contributed by atoms with Crippen molar-refractivity contribution in [3.05, 3.63) is 29.8 Å². The molecular formula is C13H20N2O2. The molecule has 0 fully saturated rings. The van der Waals surface area contributed by atoms with E-state index in [-0.39, 0.29) is 6.04 Å². The van der Waals surface area contributed by atoms with Crippen LogP contribution in [0.15, 0.2) is 24.3 Å². The summed E-state index contributed by atoms with van der Waals surface area (Å²) in [5.41, 5.74) is 5.90. The minimum Gasteiger partial charge on any atom is -0.485 e. The van der Waals surface area contributed by atoms with Crippen LogP contribution in [0.2, 0.25) is 0 Å². The van der Waals surface area contributed by atoms with Crippen molar-refractivity contribution in [2.45, 2.75) is 31.6 Å². The predicted molar refractivity (Wildman–Crippen MR) is 67.0 cm³/mol. The van der Waals surface area contributed by atoms with E-state index >= 15 is 0 Å². The molecule has 0 amide bonds. The largest absolute Gasteiger partial charge is 0.485 e. The molecular weight excluding hydrogens is 216 g/mol. The maximum atomic E-state index is 10.3. The molecule has 17 heavy (non-hydrogen) atoms. The highest BCUT2D eigenvalue weighted by molar-refractivity contribution is 5.40. The second-order valence-corrected chi connectivity index (χ2v) is 4.91. The van der Waals surface area contributed by atoms with E-state index in [4.69, 9.17) is 10.5 Å². The van der Waals surface area contributed by atoms with Gasteiger partial charge in [0.2, 0.25) is 0 Å². The first-order valence-corrected chi connectivity index (χ1v) is 5.95. The van der Waals surface area contributed by atoms with Gasteiger partial charge in [-0.3, -0.25) is 0 Å². The van der Waals surface area contributed by atoms with E-state index in [2.05, 4.69) is 5.32 Å². The number of rotatable bonds is 3. The molecule has 0 aliphatic carbocycles. The topological polar surface area (TPSA) is 67.5 Å². The summed E-state index contributed by atoms with van der Waals surface area (Å²) in [6.07, 6.45) is -0.594. The number of nitrogens with one attached hydrogen (secondary N) is 1.